The molecule has 0 saturated heterocycles. The Morgan fingerprint density at radius 3 is 3.09 bits per heavy atom. The summed E-state index contributed by atoms with van der Waals surface area (Å²) in [7, 11) is 0. The first-order valence-corrected chi connectivity index (χ1v) is 9.73. The maximum atomic E-state index is 12.3. The zero-order valence-corrected chi connectivity index (χ0v) is 15.0. The third kappa shape index (κ3) is 6.19. The Kier molecular flexibility index (Phi) is 7.35. The van der Waals surface area contributed by atoms with Crippen molar-refractivity contribution in [2.24, 2.45) is 4.99 Å². The lowest BCUT2D eigenvalue weighted by Gasteiger charge is -2.12. The first kappa shape index (κ1) is 17.7. The van der Waals surface area contributed by atoms with Gasteiger partial charge in [-0.25, -0.2) is 4.98 Å². The third-order valence-electron chi connectivity index (χ3n) is 3.29. The minimum Gasteiger partial charge on any atom is -0.354 e. The van der Waals surface area contributed by atoms with Crippen LogP contribution in [0, 0.1) is 6.92 Å². The van der Waals surface area contributed by atoms with Gasteiger partial charge in [-0.1, -0.05) is 0 Å². The molecule has 2 N–H and O–H groups in total. The average molecular weight is 351 g/mol. The number of H-pyrrole nitrogens is 1. The quantitative estimate of drug-likeness (QED) is 0.683. The number of aromatic nitrogens is 2. The topological polar surface area (TPSA) is 70.1 Å². The van der Waals surface area contributed by atoms with Crippen molar-refractivity contribution in [1.82, 2.24) is 15.3 Å². The monoisotopic (exact) mass is 350 g/mol. The van der Waals surface area contributed by atoms with Crippen molar-refractivity contribution in [1.29, 1.82) is 0 Å². The van der Waals surface area contributed by atoms with E-state index in [-0.39, 0.29) is 11.9 Å². The summed E-state index contributed by atoms with van der Waals surface area (Å²) in [6, 6.07) is 3.77. The van der Waals surface area contributed by atoms with E-state index in [1.54, 1.807) is 35.6 Å². The van der Waals surface area contributed by atoms with Gasteiger partial charge in [0.15, 0.2) is 0 Å². The molecule has 1 amide bonds. The average Bonchev–Trinajstić information content (AvgIpc) is 3.19. The van der Waals surface area contributed by atoms with Gasteiger partial charge in [0.2, 0.25) is 5.91 Å². The molecule has 2 aromatic rings. The molecule has 0 radical (unpaired) electrons. The number of carbonyl (C=O) groups is 1. The molecular formula is C16H22N4OS2. The van der Waals surface area contributed by atoms with Gasteiger partial charge in [-0.15, -0.1) is 11.3 Å². The molecule has 2 heterocycles. The number of amides is 1. The van der Waals surface area contributed by atoms with Crippen molar-refractivity contribution in [3.63, 3.8) is 0 Å². The number of nitrogens with one attached hydrogen (secondary N) is 2. The van der Waals surface area contributed by atoms with Crippen LogP contribution in [-0.4, -0.2) is 46.7 Å². The summed E-state index contributed by atoms with van der Waals surface area (Å²) in [4.78, 5) is 26.2. The number of thiophene rings is 1. The Morgan fingerprint density at radius 1 is 1.57 bits per heavy atom. The lowest BCUT2D eigenvalue weighted by Crippen LogP contribution is -2.35. The molecule has 1 atom stereocenters. The van der Waals surface area contributed by atoms with Crippen LogP contribution in [0.5, 0.6) is 0 Å². The molecular weight excluding hydrogens is 328 g/mol. The van der Waals surface area contributed by atoms with Crippen LogP contribution in [0.25, 0.3) is 0 Å². The number of aromatic amines is 1. The van der Waals surface area contributed by atoms with Crippen LogP contribution in [0.2, 0.25) is 0 Å². The normalized spacial score (nSPS) is 12.6. The Bertz CT molecular complexity index is 622. The number of imidazole rings is 1. The number of rotatable bonds is 9. The lowest BCUT2D eigenvalue weighted by molar-refractivity contribution is -0.122. The molecule has 0 aromatic carbocycles. The molecule has 0 aliphatic heterocycles. The van der Waals surface area contributed by atoms with E-state index in [1.165, 1.54) is 4.88 Å². The Morgan fingerprint density at radius 2 is 2.43 bits per heavy atom. The largest absolute Gasteiger partial charge is 0.354 e. The van der Waals surface area contributed by atoms with E-state index in [9.17, 15) is 4.79 Å². The SMILES string of the molecule is CSCC[C@H](N=Cc1ccc(C)s1)C(=O)NCCc1cnc[nH]1. The first-order valence-electron chi connectivity index (χ1n) is 7.52. The lowest BCUT2D eigenvalue weighted by atomic mass is 10.2. The van der Waals surface area contributed by atoms with Crippen LogP contribution in [0.1, 0.15) is 21.9 Å². The second-order valence-corrected chi connectivity index (χ2v) is 7.45. The van der Waals surface area contributed by atoms with Gasteiger partial charge in [0, 0.05) is 40.8 Å². The van der Waals surface area contributed by atoms with Gasteiger partial charge in [-0.3, -0.25) is 9.79 Å². The number of aliphatic imine (C=N–C) groups is 1. The maximum absolute atomic E-state index is 12.3. The van der Waals surface area contributed by atoms with Crippen LogP contribution >= 0.6 is 23.1 Å². The summed E-state index contributed by atoms with van der Waals surface area (Å²) in [5.74, 6) is 0.905. The maximum Gasteiger partial charge on any atom is 0.244 e. The fourth-order valence-corrected chi connectivity index (χ4v) is 3.27. The minimum absolute atomic E-state index is 0.0110. The molecule has 2 rings (SSSR count). The van der Waals surface area contributed by atoms with E-state index >= 15 is 0 Å². The molecule has 2 aromatic heterocycles. The molecule has 23 heavy (non-hydrogen) atoms. The fraction of sp³-hybridized carbons (Fsp3) is 0.438. The highest BCUT2D eigenvalue weighted by Crippen LogP contribution is 2.13. The molecule has 0 aliphatic carbocycles. The molecule has 0 spiro atoms. The van der Waals surface area contributed by atoms with Crippen LogP contribution in [0.15, 0.2) is 29.6 Å². The van der Waals surface area contributed by atoms with Crippen molar-refractivity contribution in [2.45, 2.75) is 25.8 Å². The Hall–Kier alpha value is -1.60. The zero-order valence-electron chi connectivity index (χ0n) is 13.4. The number of carbonyl (C=O) groups excluding carboxylic acids is 1. The van der Waals surface area contributed by atoms with E-state index < -0.39 is 0 Å². The zero-order chi connectivity index (χ0) is 16.5. The van der Waals surface area contributed by atoms with Crippen LogP contribution in [-0.2, 0) is 11.2 Å². The summed E-state index contributed by atoms with van der Waals surface area (Å²) < 4.78 is 0. The number of aryl methyl sites for hydroxylation is 1. The van der Waals surface area contributed by atoms with E-state index in [0.29, 0.717) is 6.54 Å². The summed E-state index contributed by atoms with van der Waals surface area (Å²) in [5, 5.41) is 2.97. The predicted octanol–water partition coefficient (Wildman–Crippen LogP) is 2.68. The van der Waals surface area contributed by atoms with E-state index in [4.69, 9.17) is 0 Å². The van der Waals surface area contributed by atoms with E-state index in [2.05, 4.69) is 33.3 Å². The summed E-state index contributed by atoms with van der Waals surface area (Å²) in [5.41, 5.74) is 1.02. The van der Waals surface area contributed by atoms with Crippen molar-refractivity contribution < 1.29 is 4.79 Å². The Labute approximate surface area is 145 Å². The molecule has 0 unspecified atom stereocenters. The predicted molar refractivity (Wildman–Crippen MR) is 98.7 cm³/mol. The second kappa shape index (κ2) is 9.52. The van der Waals surface area contributed by atoms with Crippen LogP contribution in [0.3, 0.4) is 0 Å². The molecule has 0 aliphatic rings. The smallest absolute Gasteiger partial charge is 0.244 e. The molecule has 7 heteroatoms. The fourth-order valence-electron chi connectivity index (χ4n) is 2.05. The standard InChI is InChI=1S/C16H22N4OS2/c1-12-3-4-14(23-12)10-19-15(6-8-22-2)16(21)18-7-5-13-9-17-11-20-13/h3-4,9-11,15H,5-8H2,1-2H3,(H,17,20)(H,18,21)/t15-/m0/s1. The van der Waals surface area contributed by atoms with E-state index in [1.807, 2.05) is 18.5 Å². The summed E-state index contributed by atoms with van der Waals surface area (Å²) >= 11 is 3.41. The first-order chi connectivity index (χ1) is 11.2. The van der Waals surface area contributed by atoms with Crippen molar-refractivity contribution in [3.8, 4) is 0 Å². The van der Waals surface area contributed by atoms with Gasteiger partial charge < -0.3 is 10.3 Å². The van der Waals surface area contributed by atoms with Crippen molar-refractivity contribution in [3.05, 3.63) is 40.1 Å². The number of nitrogens with zero attached hydrogens (tertiary/aromatic N) is 2. The highest BCUT2D eigenvalue weighted by Gasteiger charge is 2.16. The molecule has 5 nitrogen and oxygen atoms in total. The van der Waals surface area contributed by atoms with Crippen molar-refractivity contribution in [2.75, 3.05) is 18.6 Å². The van der Waals surface area contributed by atoms with Crippen LogP contribution < -0.4 is 5.32 Å². The second-order valence-electron chi connectivity index (χ2n) is 5.14. The molecule has 0 bridgehead atoms. The van der Waals surface area contributed by atoms with Gasteiger partial charge in [-0.05, 0) is 37.5 Å². The summed E-state index contributed by atoms with van der Waals surface area (Å²) in [6.07, 6.45) is 8.77. The summed E-state index contributed by atoms with van der Waals surface area (Å²) in [6.45, 7) is 2.65. The highest BCUT2D eigenvalue weighted by atomic mass is 32.2. The number of hydrogen-bond donors (Lipinski definition) is 2. The van der Waals surface area contributed by atoms with E-state index in [0.717, 1.165) is 29.2 Å². The minimum atomic E-state index is -0.327. The van der Waals surface area contributed by atoms with Crippen LogP contribution in [0.4, 0.5) is 0 Å². The number of hydrogen-bond acceptors (Lipinski definition) is 5. The van der Waals surface area contributed by atoms with Gasteiger partial charge >= 0.3 is 0 Å². The van der Waals surface area contributed by atoms with Gasteiger partial charge in [-0.2, -0.15) is 11.8 Å². The van der Waals surface area contributed by atoms with Gasteiger partial charge in [0.05, 0.1) is 6.33 Å². The van der Waals surface area contributed by atoms with Crippen molar-refractivity contribution >= 4 is 35.2 Å². The molecule has 0 fully saturated rings. The molecule has 124 valence electrons. The Balaban J connectivity index is 1.87. The highest BCUT2D eigenvalue weighted by molar-refractivity contribution is 7.98. The van der Waals surface area contributed by atoms with Gasteiger partial charge in [0.1, 0.15) is 6.04 Å². The number of thioether (sulfide) groups is 1. The molecule has 0 saturated carbocycles. The van der Waals surface area contributed by atoms with Gasteiger partial charge in [0.25, 0.3) is 0 Å². The third-order valence-corrected chi connectivity index (χ3v) is 4.87.